The molecule has 1 unspecified atom stereocenters. The molecule has 0 aliphatic carbocycles. The van der Waals surface area contributed by atoms with Gasteiger partial charge >= 0.3 is 6.03 Å². The second kappa shape index (κ2) is 10.4. The third kappa shape index (κ3) is 6.64. The van der Waals surface area contributed by atoms with Crippen LogP contribution in [0.4, 0.5) is 10.5 Å². The first kappa shape index (κ1) is 21.4. The number of hydroxylamine groups is 1. The van der Waals surface area contributed by atoms with Crippen LogP contribution in [0.1, 0.15) is 39.5 Å². The SMILES string of the molecule is CCCCC(CC)CNC(=O)Nc1ccc(S(=O)(=O)N(C)OC)cc1. The van der Waals surface area contributed by atoms with Crippen LogP contribution in [0, 0.1) is 5.92 Å². The van der Waals surface area contributed by atoms with Gasteiger partial charge in [-0.2, -0.15) is 0 Å². The Hall–Kier alpha value is -1.64. The number of sulfonamides is 1. The lowest BCUT2D eigenvalue weighted by molar-refractivity contribution is -0.0258. The van der Waals surface area contributed by atoms with E-state index in [1.165, 1.54) is 26.3 Å². The van der Waals surface area contributed by atoms with Crippen LogP contribution < -0.4 is 10.6 Å². The first-order chi connectivity index (χ1) is 11.8. The second-order valence-corrected chi connectivity index (χ2v) is 7.81. The Morgan fingerprint density at radius 2 is 1.88 bits per heavy atom. The molecule has 1 aromatic carbocycles. The maximum Gasteiger partial charge on any atom is 0.319 e. The van der Waals surface area contributed by atoms with Gasteiger partial charge in [-0.1, -0.05) is 37.6 Å². The van der Waals surface area contributed by atoms with Crippen molar-refractivity contribution in [1.82, 2.24) is 9.79 Å². The van der Waals surface area contributed by atoms with Gasteiger partial charge in [0.05, 0.1) is 12.0 Å². The molecule has 0 saturated heterocycles. The van der Waals surface area contributed by atoms with Gasteiger partial charge in [0.1, 0.15) is 0 Å². The summed E-state index contributed by atoms with van der Waals surface area (Å²) in [5.74, 6) is 0.475. The number of carbonyl (C=O) groups excluding carboxylic acids is 1. The van der Waals surface area contributed by atoms with Crippen LogP contribution in [0.5, 0.6) is 0 Å². The molecule has 1 aromatic rings. The van der Waals surface area contributed by atoms with Crippen LogP contribution in [0.3, 0.4) is 0 Å². The fraction of sp³-hybridized carbons (Fsp3) is 0.588. The Morgan fingerprint density at radius 3 is 2.40 bits per heavy atom. The Bertz CT molecular complexity index is 632. The number of anilines is 1. The summed E-state index contributed by atoms with van der Waals surface area (Å²) >= 11 is 0. The minimum atomic E-state index is -3.69. The van der Waals surface area contributed by atoms with Crippen molar-refractivity contribution < 1.29 is 18.0 Å². The number of benzene rings is 1. The van der Waals surface area contributed by atoms with Crippen molar-refractivity contribution in [3.05, 3.63) is 24.3 Å². The van der Waals surface area contributed by atoms with Gasteiger partial charge in [-0.15, -0.1) is 0 Å². The van der Waals surface area contributed by atoms with Gasteiger partial charge in [-0.05, 0) is 36.6 Å². The molecule has 0 radical (unpaired) electrons. The van der Waals surface area contributed by atoms with Crippen molar-refractivity contribution in [2.75, 3.05) is 26.0 Å². The molecule has 1 atom stereocenters. The smallest absolute Gasteiger partial charge is 0.319 e. The zero-order valence-corrected chi connectivity index (χ0v) is 16.2. The fourth-order valence-electron chi connectivity index (χ4n) is 2.31. The van der Waals surface area contributed by atoms with Crippen LogP contribution >= 0.6 is 0 Å². The molecule has 0 aliphatic heterocycles. The summed E-state index contributed by atoms with van der Waals surface area (Å²) in [4.78, 5) is 16.8. The van der Waals surface area contributed by atoms with Crippen molar-refractivity contribution >= 4 is 21.7 Å². The van der Waals surface area contributed by atoms with Gasteiger partial charge < -0.3 is 10.6 Å². The van der Waals surface area contributed by atoms with Crippen molar-refractivity contribution in [3.63, 3.8) is 0 Å². The van der Waals surface area contributed by atoms with E-state index in [9.17, 15) is 13.2 Å². The predicted molar refractivity (Wildman–Crippen MR) is 98.7 cm³/mol. The fourth-order valence-corrected chi connectivity index (χ4v) is 3.29. The summed E-state index contributed by atoms with van der Waals surface area (Å²) in [5, 5.41) is 5.58. The topological polar surface area (TPSA) is 87.7 Å². The monoisotopic (exact) mass is 371 g/mol. The molecule has 0 aromatic heterocycles. The Kier molecular flexibility index (Phi) is 8.88. The van der Waals surface area contributed by atoms with E-state index in [0.717, 1.165) is 30.2 Å². The summed E-state index contributed by atoms with van der Waals surface area (Å²) in [5.41, 5.74) is 0.526. The summed E-state index contributed by atoms with van der Waals surface area (Å²) in [6.45, 7) is 4.91. The summed E-state index contributed by atoms with van der Waals surface area (Å²) in [7, 11) is -1.09. The van der Waals surface area contributed by atoms with Crippen LogP contribution in [-0.2, 0) is 14.9 Å². The molecule has 2 amide bonds. The maximum absolute atomic E-state index is 12.1. The molecule has 8 heteroatoms. The largest absolute Gasteiger partial charge is 0.338 e. The summed E-state index contributed by atoms with van der Waals surface area (Å²) in [6.07, 6.45) is 4.44. The van der Waals surface area contributed by atoms with Gasteiger partial charge in [-0.25, -0.2) is 13.2 Å². The quantitative estimate of drug-likeness (QED) is 0.618. The molecule has 0 heterocycles. The molecule has 2 N–H and O–H groups in total. The first-order valence-electron chi connectivity index (χ1n) is 8.53. The number of hydrogen-bond acceptors (Lipinski definition) is 4. The van der Waals surface area contributed by atoms with Gasteiger partial charge in [0, 0.05) is 19.3 Å². The number of unbranched alkanes of at least 4 members (excludes halogenated alkanes) is 1. The molecule has 25 heavy (non-hydrogen) atoms. The highest BCUT2D eigenvalue weighted by Crippen LogP contribution is 2.17. The molecule has 0 fully saturated rings. The minimum Gasteiger partial charge on any atom is -0.338 e. The van der Waals surface area contributed by atoms with E-state index in [-0.39, 0.29) is 10.9 Å². The number of amides is 2. The van der Waals surface area contributed by atoms with E-state index in [1.54, 1.807) is 12.1 Å². The lowest BCUT2D eigenvalue weighted by Gasteiger charge is -2.16. The van der Waals surface area contributed by atoms with Gasteiger partial charge in [-0.3, -0.25) is 4.84 Å². The van der Waals surface area contributed by atoms with Crippen molar-refractivity contribution in [2.24, 2.45) is 5.92 Å². The third-order valence-corrected chi connectivity index (χ3v) is 5.79. The Balaban J connectivity index is 2.59. The van der Waals surface area contributed by atoms with Crippen LogP contribution in [0.2, 0.25) is 0 Å². The highest BCUT2D eigenvalue weighted by atomic mass is 32.2. The number of hydrogen-bond donors (Lipinski definition) is 2. The molecule has 1 rings (SSSR count). The third-order valence-electron chi connectivity index (χ3n) is 4.10. The van der Waals surface area contributed by atoms with E-state index in [4.69, 9.17) is 4.84 Å². The van der Waals surface area contributed by atoms with Crippen molar-refractivity contribution in [3.8, 4) is 0 Å². The molecule has 0 saturated carbocycles. The highest BCUT2D eigenvalue weighted by Gasteiger charge is 2.20. The average Bonchev–Trinajstić information content (AvgIpc) is 2.61. The number of nitrogens with one attached hydrogen (secondary N) is 2. The minimum absolute atomic E-state index is 0.0911. The molecule has 0 aliphatic rings. The van der Waals surface area contributed by atoms with Crippen LogP contribution in [0.15, 0.2) is 29.2 Å². The lowest BCUT2D eigenvalue weighted by Crippen LogP contribution is -2.33. The van der Waals surface area contributed by atoms with Gasteiger partial charge in [0.2, 0.25) is 0 Å². The summed E-state index contributed by atoms with van der Waals surface area (Å²) < 4.78 is 25.0. The molecule has 0 bridgehead atoms. The normalized spacial score (nSPS) is 12.8. The van der Waals surface area contributed by atoms with Gasteiger partial charge in [0.15, 0.2) is 0 Å². The van der Waals surface area contributed by atoms with E-state index < -0.39 is 10.0 Å². The molecule has 142 valence electrons. The highest BCUT2D eigenvalue weighted by molar-refractivity contribution is 7.89. The molecular formula is C17H29N3O4S. The number of urea groups is 1. The van der Waals surface area contributed by atoms with Gasteiger partial charge in [0.25, 0.3) is 10.0 Å². The van der Waals surface area contributed by atoms with E-state index in [2.05, 4.69) is 24.5 Å². The van der Waals surface area contributed by atoms with Crippen LogP contribution in [-0.4, -0.2) is 39.6 Å². The Labute approximate surface area is 150 Å². The zero-order valence-electron chi connectivity index (χ0n) is 15.4. The zero-order chi connectivity index (χ0) is 18.9. The van der Waals surface area contributed by atoms with E-state index in [1.807, 2.05) is 0 Å². The van der Waals surface area contributed by atoms with Crippen molar-refractivity contribution in [1.29, 1.82) is 0 Å². The van der Waals surface area contributed by atoms with E-state index >= 15 is 0 Å². The second-order valence-electron chi connectivity index (χ2n) is 5.87. The van der Waals surface area contributed by atoms with E-state index in [0.29, 0.717) is 18.2 Å². The number of nitrogens with zero attached hydrogens (tertiary/aromatic N) is 1. The maximum atomic E-state index is 12.1. The molecule has 0 spiro atoms. The molecule has 7 nitrogen and oxygen atoms in total. The predicted octanol–water partition coefficient (Wildman–Crippen LogP) is 3.21. The standard InChI is InChI=1S/C17H29N3O4S/c1-5-7-8-14(6-2)13-18-17(21)19-15-9-11-16(12-10-15)25(22,23)20(3)24-4/h9-12,14H,5-8,13H2,1-4H3,(H2,18,19,21). The van der Waals surface area contributed by atoms with Crippen molar-refractivity contribution in [2.45, 2.75) is 44.4 Å². The molecular weight excluding hydrogens is 342 g/mol. The Morgan fingerprint density at radius 1 is 1.24 bits per heavy atom. The first-order valence-corrected chi connectivity index (χ1v) is 9.97. The summed E-state index contributed by atoms with van der Waals surface area (Å²) in [6, 6.07) is 5.65. The number of carbonyl (C=O) groups is 1. The lowest BCUT2D eigenvalue weighted by atomic mass is 9.99. The van der Waals surface area contributed by atoms with Crippen LogP contribution in [0.25, 0.3) is 0 Å². The average molecular weight is 372 g/mol. The number of rotatable bonds is 10.